The van der Waals surface area contributed by atoms with E-state index in [1.54, 1.807) is 0 Å². The molecular formula is C42H26N4O. The molecule has 0 aliphatic rings. The summed E-state index contributed by atoms with van der Waals surface area (Å²) in [5.41, 5.74) is 8.51. The van der Waals surface area contributed by atoms with Gasteiger partial charge in [-0.3, -0.25) is 4.98 Å². The van der Waals surface area contributed by atoms with Crippen LogP contribution in [-0.4, -0.2) is 19.9 Å². The van der Waals surface area contributed by atoms with Crippen molar-refractivity contribution in [3.8, 4) is 56.5 Å². The molecule has 0 saturated carbocycles. The van der Waals surface area contributed by atoms with E-state index >= 15 is 0 Å². The van der Waals surface area contributed by atoms with E-state index in [0.717, 1.165) is 55.4 Å². The van der Waals surface area contributed by atoms with Gasteiger partial charge in [0.1, 0.15) is 11.2 Å². The summed E-state index contributed by atoms with van der Waals surface area (Å²) in [6.45, 7) is 0. The van der Waals surface area contributed by atoms with Gasteiger partial charge in [0.15, 0.2) is 17.5 Å². The van der Waals surface area contributed by atoms with Crippen molar-refractivity contribution in [1.82, 2.24) is 19.9 Å². The van der Waals surface area contributed by atoms with Crippen LogP contribution in [0.2, 0.25) is 0 Å². The van der Waals surface area contributed by atoms with Gasteiger partial charge in [0.05, 0.1) is 5.69 Å². The molecule has 9 aromatic rings. The number of pyridine rings is 1. The Morgan fingerprint density at radius 2 is 0.957 bits per heavy atom. The van der Waals surface area contributed by atoms with Gasteiger partial charge in [-0.1, -0.05) is 115 Å². The Bertz CT molecular complexity index is 2560. The van der Waals surface area contributed by atoms with Crippen LogP contribution in [0.25, 0.3) is 89.3 Å². The zero-order valence-electron chi connectivity index (χ0n) is 25.2. The van der Waals surface area contributed by atoms with Gasteiger partial charge in [-0.15, -0.1) is 0 Å². The zero-order valence-corrected chi connectivity index (χ0v) is 25.2. The number of fused-ring (bicyclic) bond motifs is 4. The third-order valence-electron chi connectivity index (χ3n) is 8.59. The van der Waals surface area contributed by atoms with Crippen LogP contribution in [0.5, 0.6) is 0 Å². The summed E-state index contributed by atoms with van der Waals surface area (Å²) in [6, 6.07) is 51.7. The molecule has 0 fully saturated rings. The third kappa shape index (κ3) is 5.00. The van der Waals surface area contributed by atoms with E-state index in [0.29, 0.717) is 17.5 Å². The molecule has 0 aliphatic carbocycles. The van der Waals surface area contributed by atoms with Crippen molar-refractivity contribution in [3.05, 3.63) is 158 Å². The monoisotopic (exact) mass is 602 g/mol. The first-order chi connectivity index (χ1) is 23.2. The summed E-state index contributed by atoms with van der Waals surface area (Å²) in [5.74, 6) is 1.79. The fourth-order valence-corrected chi connectivity index (χ4v) is 6.11. The number of rotatable bonds is 5. The van der Waals surface area contributed by atoms with Gasteiger partial charge < -0.3 is 4.42 Å². The molecule has 0 aliphatic heterocycles. The Morgan fingerprint density at radius 1 is 0.362 bits per heavy atom. The molecule has 0 radical (unpaired) electrons. The molecule has 6 aromatic carbocycles. The fraction of sp³-hybridized carbons (Fsp3) is 0. The van der Waals surface area contributed by atoms with Crippen LogP contribution in [0.3, 0.4) is 0 Å². The second-order valence-corrected chi connectivity index (χ2v) is 11.6. The van der Waals surface area contributed by atoms with E-state index in [-0.39, 0.29) is 0 Å². The standard InChI is InChI=1S/C42H26N4O/c1-2-9-29(10-3-1)40-44-41(30-17-14-28(15-18-30)32-19-16-27-8-4-5-11-31(27)24-32)46-42(45-40)34-21-23-37(43-26-34)33-20-22-36-35-12-6-7-13-38(35)47-39(36)25-33/h1-26H. The maximum Gasteiger partial charge on any atom is 0.165 e. The molecule has 5 heteroatoms. The molecule has 0 saturated heterocycles. The summed E-state index contributed by atoms with van der Waals surface area (Å²) in [4.78, 5) is 19.5. The lowest BCUT2D eigenvalue weighted by molar-refractivity contribution is 0.669. The average Bonchev–Trinajstić information content (AvgIpc) is 3.53. The quantitative estimate of drug-likeness (QED) is 0.196. The van der Waals surface area contributed by atoms with Gasteiger partial charge in [-0.25, -0.2) is 15.0 Å². The Balaban J connectivity index is 1.07. The van der Waals surface area contributed by atoms with Crippen molar-refractivity contribution in [2.45, 2.75) is 0 Å². The number of hydrogen-bond acceptors (Lipinski definition) is 5. The minimum Gasteiger partial charge on any atom is -0.456 e. The van der Waals surface area contributed by atoms with Crippen LogP contribution in [-0.2, 0) is 0 Å². The molecule has 220 valence electrons. The summed E-state index contributed by atoms with van der Waals surface area (Å²) in [6.07, 6.45) is 1.83. The SMILES string of the molecule is c1ccc(-c2nc(-c3ccc(-c4ccc5ccccc5c4)cc3)nc(-c3ccc(-c4ccc5c(c4)oc4ccccc45)nc3)n2)cc1. The Labute approximate surface area is 270 Å². The highest BCUT2D eigenvalue weighted by molar-refractivity contribution is 6.05. The molecule has 0 N–H and O–H groups in total. The summed E-state index contributed by atoms with van der Waals surface area (Å²) >= 11 is 0. The topological polar surface area (TPSA) is 64.7 Å². The van der Waals surface area contributed by atoms with Gasteiger partial charge in [-0.2, -0.15) is 0 Å². The van der Waals surface area contributed by atoms with E-state index < -0.39 is 0 Å². The van der Waals surface area contributed by atoms with Crippen LogP contribution < -0.4 is 0 Å². The van der Waals surface area contributed by atoms with Crippen LogP contribution >= 0.6 is 0 Å². The maximum atomic E-state index is 6.11. The number of nitrogens with zero attached hydrogens (tertiary/aromatic N) is 4. The van der Waals surface area contributed by atoms with Gasteiger partial charge in [0.25, 0.3) is 0 Å². The Kier molecular flexibility index (Phi) is 6.39. The molecule has 3 heterocycles. The minimum atomic E-state index is 0.569. The van der Waals surface area contributed by atoms with Gasteiger partial charge >= 0.3 is 0 Å². The maximum absolute atomic E-state index is 6.11. The Morgan fingerprint density at radius 3 is 1.74 bits per heavy atom. The molecule has 0 bridgehead atoms. The highest BCUT2D eigenvalue weighted by atomic mass is 16.3. The zero-order chi connectivity index (χ0) is 31.2. The predicted octanol–water partition coefficient (Wildman–Crippen LogP) is 10.7. The first-order valence-corrected chi connectivity index (χ1v) is 15.5. The summed E-state index contributed by atoms with van der Waals surface area (Å²) in [7, 11) is 0. The molecule has 9 rings (SSSR count). The minimum absolute atomic E-state index is 0.569. The molecule has 3 aromatic heterocycles. The van der Waals surface area contributed by atoms with E-state index in [4.69, 9.17) is 24.4 Å². The fourth-order valence-electron chi connectivity index (χ4n) is 6.11. The molecule has 0 amide bonds. The number of para-hydroxylation sites is 1. The van der Waals surface area contributed by atoms with E-state index in [1.807, 2.05) is 72.9 Å². The summed E-state index contributed by atoms with van der Waals surface area (Å²) in [5, 5.41) is 4.66. The van der Waals surface area contributed by atoms with Crippen molar-refractivity contribution >= 4 is 32.7 Å². The van der Waals surface area contributed by atoms with Crippen LogP contribution in [0, 0.1) is 0 Å². The number of hydrogen-bond donors (Lipinski definition) is 0. The molecule has 0 unspecified atom stereocenters. The van der Waals surface area contributed by atoms with E-state index in [2.05, 4.69) is 84.9 Å². The van der Waals surface area contributed by atoms with Crippen molar-refractivity contribution in [2.24, 2.45) is 0 Å². The van der Waals surface area contributed by atoms with Crippen LogP contribution in [0.15, 0.2) is 162 Å². The van der Waals surface area contributed by atoms with E-state index in [9.17, 15) is 0 Å². The molecular weight excluding hydrogens is 576 g/mol. The highest BCUT2D eigenvalue weighted by Gasteiger charge is 2.14. The van der Waals surface area contributed by atoms with Gasteiger partial charge in [-0.05, 0) is 58.3 Å². The normalized spacial score (nSPS) is 11.4. The number of benzene rings is 6. The van der Waals surface area contributed by atoms with Crippen molar-refractivity contribution < 1.29 is 4.42 Å². The van der Waals surface area contributed by atoms with Crippen molar-refractivity contribution in [3.63, 3.8) is 0 Å². The predicted molar refractivity (Wildman–Crippen MR) is 190 cm³/mol. The van der Waals surface area contributed by atoms with Crippen molar-refractivity contribution in [2.75, 3.05) is 0 Å². The smallest absolute Gasteiger partial charge is 0.165 e. The lowest BCUT2D eigenvalue weighted by Gasteiger charge is -2.10. The largest absolute Gasteiger partial charge is 0.456 e. The summed E-state index contributed by atoms with van der Waals surface area (Å²) < 4.78 is 6.11. The molecule has 0 spiro atoms. The van der Waals surface area contributed by atoms with Gasteiger partial charge in [0.2, 0.25) is 0 Å². The first-order valence-electron chi connectivity index (χ1n) is 15.5. The second kappa shape index (κ2) is 11.2. The van der Waals surface area contributed by atoms with Crippen LogP contribution in [0.1, 0.15) is 0 Å². The number of furan rings is 1. The second-order valence-electron chi connectivity index (χ2n) is 11.6. The van der Waals surface area contributed by atoms with Crippen LogP contribution in [0.4, 0.5) is 0 Å². The number of aromatic nitrogens is 4. The van der Waals surface area contributed by atoms with Crippen molar-refractivity contribution in [1.29, 1.82) is 0 Å². The third-order valence-corrected chi connectivity index (χ3v) is 8.59. The Hall–Kier alpha value is -6.46. The lowest BCUT2D eigenvalue weighted by Crippen LogP contribution is -2.00. The average molecular weight is 603 g/mol. The van der Waals surface area contributed by atoms with Gasteiger partial charge in [0, 0.05) is 39.2 Å². The molecule has 0 atom stereocenters. The highest BCUT2D eigenvalue weighted by Crippen LogP contribution is 2.33. The molecule has 47 heavy (non-hydrogen) atoms. The van der Waals surface area contributed by atoms with E-state index in [1.165, 1.54) is 16.3 Å². The lowest BCUT2D eigenvalue weighted by atomic mass is 10.00. The molecule has 5 nitrogen and oxygen atoms in total. The first kappa shape index (κ1) is 26.9.